The highest BCUT2D eigenvalue weighted by Crippen LogP contribution is 2.20. The molecule has 1 aromatic carbocycles. The number of benzene rings is 1. The first-order valence-electron chi connectivity index (χ1n) is 5.46. The van der Waals surface area contributed by atoms with E-state index in [4.69, 9.17) is 0 Å². The molecule has 0 bridgehead atoms. The van der Waals surface area contributed by atoms with Crippen molar-refractivity contribution in [3.63, 3.8) is 0 Å². The molecule has 1 aromatic rings. The van der Waals surface area contributed by atoms with Gasteiger partial charge in [-0.25, -0.2) is 0 Å². The molecule has 5 heteroatoms. The number of hydrogen-bond donors (Lipinski definition) is 1. The normalized spacial score (nSPS) is 21.4. The van der Waals surface area contributed by atoms with E-state index in [-0.39, 0.29) is 6.04 Å². The maximum Gasteiger partial charge on any atom is 0.321 e. The van der Waals surface area contributed by atoms with Crippen LogP contribution in [0, 0.1) is 0 Å². The molecule has 1 heterocycles. The zero-order valence-electron chi connectivity index (χ0n) is 9.30. The minimum absolute atomic E-state index is 0.354. The summed E-state index contributed by atoms with van der Waals surface area (Å²) in [6, 6.07) is 7.68. The maximum atomic E-state index is 11.2. The number of hydrogen-bond acceptors (Lipinski definition) is 3. The smallest absolute Gasteiger partial charge is 0.321 e. The molecule has 1 aliphatic heterocycles. The molecule has 1 unspecified atom stereocenters. The molecule has 0 amide bonds. The lowest BCUT2D eigenvalue weighted by Gasteiger charge is -2.32. The Morgan fingerprint density at radius 3 is 3.12 bits per heavy atom. The lowest BCUT2D eigenvalue weighted by atomic mass is 10.2. The molecule has 1 fully saturated rings. The average molecular weight is 316 g/mol. The standard InChI is InChI=1S/C12H14BrNO2S/c13-10-3-1-2-9(6-10)7-14-4-5-17-8-11(14)12(15)16/h1-3,6,11H,4-5,7-8H2,(H,15,16). The predicted molar refractivity (Wildman–Crippen MR) is 73.3 cm³/mol. The molecule has 1 aliphatic rings. The third-order valence-corrected chi connectivity index (χ3v) is 4.32. The van der Waals surface area contributed by atoms with Gasteiger partial charge >= 0.3 is 5.97 Å². The van der Waals surface area contributed by atoms with Crippen LogP contribution in [0.4, 0.5) is 0 Å². The molecule has 0 aromatic heterocycles. The maximum absolute atomic E-state index is 11.2. The lowest BCUT2D eigenvalue weighted by Crippen LogP contribution is -2.46. The van der Waals surface area contributed by atoms with Crippen molar-refractivity contribution in [2.75, 3.05) is 18.1 Å². The van der Waals surface area contributed by atoms with Crippen molar-refractivity contribution in [2.24, 2.45) is 0 Å². The minimum Gasteiger partial charge on any atom is -0.480 e. The van der Waals surface area contributed by atoms with Crippen LogP contribution in [0.1, 0.15) is 5.56 Å². The van der Waals surface area contributed by atoms with Crippen LogP contribution in [0.2, 0.25) is 0 Å². The van der Waals surface area contributed by atoms with Gasteiger partial charge < -0.3 is 5.11 Å². The van der Waals surface area contributed by atoms with Crippen molar-refractivity contribution in [3.8, 4) is 0 Å². The number of halogens is 1. The van der Waals surface area contributed by atoms with E-state index in [0.29, 0.717) is 12.3 Å². The van der Waals surface area contributed by atoms with Gasteiger partial charge in [-0.1, -0.05) is 28.1 Å². The number of carboxylic acid groups (broad SMARTS) is 1. The molecule has 3 nitrogen and oxygen atoms in total. The largest absolute Gasteiger partial charge is 0.480 e. The third kappa shape index (κ3) is 3.47. The predicted octanol–water partition coefficient (Wildman–Crippen LogP) is 2.45. The van der Waals surface area contributed by atoms with Gasteiger partial charge in [0.25, 0.3) is 0 Å². The molecular formula is C12H14BrNO2S. The summed E-state index contributed by atoms with van der Waals surface area (Å²) in [4.78, 5) is 13.2. The molecule has 92 valence electrons. The summed E-state index contributed by atoms with van der Waals surface area (Å²) in [6.07, 6.45) is 0. The molecular weight excluding hydrogens is 302 g/mol. The van der Waals surface area contributed by atoms with Gasteiger partial charge in [-0.3, -0.25) is 9.69 Å². The molecule has 17 heavy (non-hydrogen) atoms. The Labute approximate surface area is 113 Å². The number of rotatable bonds is 3. The molecule has 1 N–H and O–H groups in total. The summed E-state index contributed by atoms with van der Waals surface area (Å²) in [5.74, 6) is 0.980. The zero-order chi connectivity index (χ0) is 12.3. The number of carboxylic acids is 1. The molecule has 0 radical (unpaired) electrons. The SMILES string of the molecule is O=C(O)C1CSCCN1Cc1cccc(Br)c1. The van der Waals surface area contributed by atoms with Crippen molar-refractivity contribution < 1.29 is 9.90 Å². The van der Waals surface area contributed by atoms with Gasteiger partial charge in [0.15, 0.2) is 0 Å². The van der Waals surface area contributed by atoms with E-state index in [0.717, 1.165) is 22.3 Å². The number of thioether (sulfide) groups is 1. The average Bonchev–Trinajstić information content (AvgIpc) is 2.29. The second kappa shape index (κ2) is 5.89. The van der Waals surface area contributed by atoms with Crippen LogP contribution in [0.5, 0.6) is 0 Å². The van der Waals surface area contributed by atoms with Crippen molar-refractivity contribution >= 4 is 33.7 Å². The molecule has 0 aliphatic carbocycles. The summed E-state index contributed by atoms with van der Waals surface area (Å²) in [5, 5.41) is 9.18. The van der Waals surface area contributed by atoms with Crippen molar-refractivity contribution in [1.82, 2.24) is 4.90 Å². The Bertz CT molecular complexity index is 413. The Kier molecular flexibility index (Phi) is 4.48. The van der Waals surface area contributed by atoms with Crippen molar-refractivity contribution in [3.05, 3.63) is 34.3 Å². The van der Waals surface area contributed by atoms with Crippen molar-refractivity contribution in [2.45, 2.75) is 12.6 Å². The van der Waals surface area contributed by atoms with E-state index in [1.54, 1.807) is 11.8 Å². The number of carbonyl (C=O) groups is 1. The quantitative estimate of drug-likeness (QED) is 0.930. The Morgan fingerprint density at radius 1 is 1.59 bits per heavy atom. The summed E-state index contributed by atoms with van der Waals surface area (Å²) in [5.41, 5.74) is 1.15. The van der Waals surface area contributed by atoms with Gasteiger partial charge in [0.2, 0.25) is 0 Å². The molecule has 0 spiro atoms. The van der Waals surface area contributed by atoms with Crippen LogP contribution in [0.3, 0.4) is 0 Å². The molecule has 1 atom stereocenters. The second-order valence-corrected chi connectivity index (χ2v) is 6.09. The highest BCUT2D eigenvalue weighted by Gasteiger charge is 2.28. The highest BCUT2D eigenvalue weighted by molar-refractivity contribution is 9.10. The Morgan fingerprint density at radius 2 is 2.41 bits per heavy atom. The minimum atomic E-state index is -0.716. The van der Waals surface area contributed by atoms with Gasteiger partial charge in [0.1, 0.15) is 6.04 Å². The van der Waals surface area contributed by atoms with E-state index in [1.807, 2.05) is 29.2 Å². The summed E-state index contributed by atoms with van der Waals surface area (Å²) in [7, 11) is 0. The first-order chi connectivity index (χ1) is 8.16. The van der Waals surface area contributed by atoms with Crippen LogP contribution in [-0.4, -0.2) is 40.1 Å². The van der Waals surface area contributed by atoms with Crippen LogP contribution in [0.25, 0.3) is 0 Å². The molecule has 0 saturated carbocycles. The lowest BCUT2D eigenvalue weighted by molar-refractivity contribution is -0.142. The Balaban J connectivity index is 2.08. The van der Waals surface area contributed by atoms with E-state index < -0.39 is 5.97 Å². The van der Waals surface area contributed by atoms with Gasteiger partial charge in [0, 0.05) is 29.1 Å². The summed E-state index contributed by atoms with van der Waals surface area (Å²) < 4.78 is 1.04. The number of aliphatic carboxylic acids is 1. The monoisotopic (exact) mass is 315 g/mol. The van der Waals surface area contributed by atoms with Gasteiger partial charge in [-0.2, -0.15) is 11.8 Å². The fraction of sp³-hybridized carbons (Fsp3) is 0.417. The topological polar surface area (TPSA) is 40.5 Å². The summed E-state index contributed by atoms with van der Waals surface area (Å²) in [6.45, 7) is 1.55. The molecule has 2 rings (SSSR count). The first-order valence-corrected chi connectivity index (χ1v) is 7.40. The van der Waals surface area contributed by atoms with Crippen LogP contribution >= 0.6 is 27.7 Å². The van der Waals surface area contributed by atoms with Gasteiger partial charge in [-0.15, -0.1) is 0 Å². The van der Waals surface area contributed by atoms with E-state index >= 15 is 0 Å². The third-order valence-electron chi connectivity index (χ3n) is 2.80. The van der Waals surface area contributed by atoms with Crippen LogP contribution in [0.15, 0.2) is 28.7 Å². The zero-order valence-corrected chi connectivity index (χ0v) is 11.7. The first kappa shape index (κ1) is 12.9. The van der Waals surface area contributed by atoms with E-state index in [2.05, 4.69) is 15.9 Å². The number of nitrogens with zero attached hydrogens (tertiary/aromatic N) is 1. The van der Waals surface area contributed by atoms with E-state index in [9.17, 15) is 9.90 Å². The fourth-order valence-corrected chi connectivity index (χ4v) is 3.48. The summed E-state index contributed by atoms with van der Waals surface area (Å²) >= 11 is 5.15. The van der Waals surface area contributed by atoms with Gasteiger partial charge in [0.05, 0.1) is 0 Å². The second-order valence-electron chi connectivity index (χ2n) is 4.03. The molecule has 1 saturated heterocycles. The highest BCUT2D eigenvalue weighted by atomic mass is 79.9. The fourth-order valence-electron chi connectivity index (χ4n) is 1.92. The van der Waals surface area contributed by atoms with Crippen LogP contribution in [-0.2, 0) is 11.3 Å². The van der Waals surface area contributed by atoms with Crippen LogP contribution < -0.4 is 0 Å². The van der Waals surface area contributed by atoms with E-state index in [1.165, 1.54) is 0 Å². The van der Waals surface area contributed by atoms with Gasteiger partial charge in [-0.05, 0) is 17.7 Å². The van der Waals surface area contributed by atoms with Crippen molar-refractivity contribution in [1.29, 1.82) is 0 Å². The Hall–Kier alpha value is -0.520.